The highest BCUT2D eigenvalue weighted by atomic mass is 35.5. The predicted octanol–water partition coefficient (Wildman–Crippen LogP) is 2.56. The molecule has 0 fully saturated rings. The average Bonchev–Trinajstić information content (AvgIpc) is 2.45. The van der Waals surface area contributed by atoms with Gasteiger partial charge in [0.15, 0.2) is 0 Å². The lowest BCUT2D eigenvalue weighted by atomic mass is 10.1. The van der Waals surface area contributed by atoms with Crippen molar-refractivity contribution in [2.75, 3.05) is 0 Å². The number of halogens is 2. The Labute approximate surface area is 89.9 Å². The van der Waals surface area contributed by atoms with Gasteiger partial charge in [-0.2, -0.15) is 0 Å². The summed E-state index contributed by atoms with van der Waals surface area (Å²) in [4.78, 5) is 11.5. The number of carbonyl (C=O) groups is 1. The predicted molar refractivity (Wildman–Crippen MR) is 53.7 cm³/mol. The second-order valence-electron chi connectivity index (χ2n) is 2.98. The van der Waals surface area contributed by atoms with Gasteiger partial charge in [0.1, 0.15) is 5.71 Å². The van der Waals surface area contributed by atoms with E-state index in [9.17, 15) is 4.79 Å². The van der Waals surface area contributed by atoms with Crippen LogP contribution in [0.3, 0.4) is 0 Å². The van der Waals surface area contributed by atoms with Crippen LogP contribution in [0.5, 0.6) is 0 Å². The minimum Gasteiger partial charge on any atom is -0.411 e. The first-order valence-electron chi connectivity index (χ1n) is 3.87. The molecule has 0 aliphatic heterocycles. The molecule has 0 saturated carbocycles. The number of fused-ring (bicyclic) bond motifs is 1. The third-order valence-corrected chi connectivity index (χ3v) is 2.85. The monoisotopic (exact) mass is 229 g/mol. The van der Waals surface area contributed by atoms with Crippen molar-refractivity contribution in [3.05, 3.63) is 33.3 Å². The summed E-state index contributed by atoms with van der Waals surface area (Å²) in [6.45, 7) is 0. The minimum absolute atomic E-state index is 0.123. The number of oxime groups is 1. The van der Waals surface area contributed by atoms with Crippen molar-refractivity contribution in [1.29, 1.82) is 0 Å². The van der Waals surface area contributed by atoms with E-state index in [1.165, 1.54) is 6.07 Å². The minimum atomic E-state index is -0.291. The molecular weight excluding hydrogens is 225 g/mol. The molecule has 0 atom stereocenters. The fourth-order valence-electron chi connectivity index (χ4n) is 1.44. The summed E-state index contributed by atoms with van der Waals surface area (Å²) in [5, 5.41) is 12.2. The maximum atomic E-state index is 11.5. The summed E-state index contributed by atoms with van der Waals surface area (Å²) in [5.41, 5.74) is 1.34. The van der Waals surface area contributed by atoms with Crippen LogP contribution in [-0.4, -0.2) is 16.7 Å². The molecule has 1 aliphatic carbocycles. The SMILES string of the molecule is O=C1C(=NO)Cc2cc(Cl)c(Cl)cc21. The second-order valence-corrected chi connectivity index (χ2v) is 3.79. The number of hydrogen-bond acceptors (Lipinski definition) is 3. The molecule has 0 saturated heterocycles. The van der Waals surface area contributed by atoms with Crippen LogP contribution in [-0.2, 0) is 6.42 Å². The maximum Gasteiger partial charge on any atom is 0.211 e. The van der Waals surface area contributed by atoms with Gasteiger partial charge in [-0.15, -0.1) is 0 Å². The van der Waals surface area contributed by atoms with Gasteiger partial charge in [-0.25, -0.2) is 0 Å². The quantitative estimate of drug-likeness (QED) is 0.550. The average molecular weight is 230 g/mol. The summed E-state index contributed by atoms with van der Waals surface area (Å²) in [6.07, 6.45) is 0.307. The van der Waals surface area contributed by atoms with Crippen molar-refractivity contribution in [3.63, 3.8) is 0 Å². The van der Waals surface area contributed by atoms with Crippen molar-refractivity contribution in [2.45, 2.75) is 6.42 Å². The van der Waals surface area contributed by atoms with Crippen LogP contribution < -0.4 is 0 Å². The molecule has 0 bridgehead atoms. The zero-order valence-electron chi connectivity index (χ0n) is 6.92. The lowest BCUT2D eigenvalue weighted by molar-refractivity contribution is 0.106. The molecule has 72 valence electrons. The van der Waals surface area contributed by atoms with Gasteiger partial charge in [-0.3, -0.25) is 4.79 Å². The number of nitrogens with zero attached hydrogens (tertiary/aromatic N) is 1. The topological polar surface area (TPSA) is 49.7 Å². The summed E-state index contributed by atoms with van der Waals surface area (Å²) in [5.74, 6) is -0.291. The molecule has 0 radical (unpaired) electrons. The van der Waals surface area contributed by atoms with E-state index < -0.39 is 0 Å². The van der Waals surface area contributed by atoms with E-state index in [-0.39, 0.29) is 11.5 Å². The van der Waals surface area contributed by atoms with Gasteiger partial charge in [0.2, 0.25) is 5.78 Å². The number of carbonyl (C=O) groups excluding carboxylic acids is 1. The van der Waals surface area contributed by atoms with Crippen molar-refractivity contribution < 1.29 is 10.0 Å². The van der Waals surface area contributed by atoms with Crippen LogP contribution in [0.2, 0.25) is 10.0 Å². The van der Waals surface area contributed by atoms with Gasteiger partial charge < -0.3 is 5.21 Å². The molecule has 1 aromatic carbocycles. The van der Waals surface area contributed by atoms with Gasteiger partial charge in [0.25, 0.3) is 0 Å². The van der Waals surface area contributed by atoms with Gasteiger partial charge in [-0.1, -0.05) is 28.4 Å². The highest BCUT2D eigenvalue weighted by Crippen LogP contribution is 2.30. The Morgan fingerprint density at radius 2 is 1.93 bits per heavy atom. The van der Waals surface area contributed by atoms with E-state index in [1.54, 1.807) is 6.07 Å². The molecule has 5 heteroatoms. The highest BCUT2D eigenvalue weighted by Gasteiger charge is 2.27. The molecule has 1 aromatic rings. The third kappa shape index (κ3) is 1.29. The molecule has 0 heterocycles. The number of hydrogen-bond donors (Lipinski definition) is 1. The first-order valence-corrected chi connectivity index (χ1v) is 4.62. The molecule has 14 heavy (non-hydrogen) atoms. The van der Waals surface area contributed by atoms with Crippen molar-refractivity contribution in [2.24, 2.45) is 5.16 Å². The largest absolute Gasteiger partial charge is 0.411 e. The highest BCUT2D eigenvalue weighted by molar-refractivity contribution is 6.50. The first kappa shape index (κ1) is 9.49. The molecule has 1 aliphatic rings. The van der Waals surface area contributed by atoms with E-state index in [0.29, 0.717) is 22.0 Å². The number of ketones is 1. The van der Waals surface area contributed by atoms with Crippen LogP contribution in [0, 0.1) is 0 Å². The Morgan fingerprint density at radius 1 is 1.29 bits per heavy atom. The van der Waals surface area contributed by atoms with Crippen molar-refractivity contribution in [1.82, 2.24) is 0 Å². The van der Waals surface area contributed by atoms with E-state index in [1.807, 2.05) is 0 Å². The molecular formula is C9H5Cl2NO2. The fourth-order valence-corrected chi connectivity index (χ4v) is 1.79. The zero-order chi connectivity index (χ0) is 10.3. The van der Waals surface area contributed by atoms with E-state index >= 15 is 0 Å². The standard InChI is InChI=1S/C9H5Cl2NO2/c10-6-1-4-2-8(12-14)9(13)5(4)3-7(6)11/h1,3,14H,2H2. The van der Waals surface area contributed by atoms with E-state index in [0.717, 1.165) is 5.56 Å². The van der Waals surface area contributed by atoms with Gasteiger partial charge >= 0.3 is 0 Å². The Bertz CT molecular complexity index is 454. The molecule has 0 amide bonds. The summed E-state index contributed by atoms with van der Waals surface area (Å²) in [7, 11) is 0. The van der Waals surface area contributed by atoms with Crippen LogP contribution in [0.25, 0.3) is 0 Å². The molecule has 2 rings (SSSR count). The van der Waals surface area contributed by atoms with Crippen molar-refractivity contribution in [3.8, 4) is 0 Å². The van der Waals surface area contributed by atoms with Crippen LogP contribution in [0.15, 0.2) is 17.3 Å². The maximum absolute atomic E-state index is 11.5. The lowest BCUT2D eigenvalue weighted by Gasteiger charge is -1.99. The summed E-state index contributed by atoms with van der Waals surface area (Å²) < 4.78 is 0. The van der Waals surface area contributed by atoms with E-state index in [2.05, 4.69) is 5.16 Å². The van der Waals surface area contributed by atoms with Crippen LogP contribution >= 0.6 is 23.2 Å². The normalized spacial score (nSPS) is 17.6. The summed E-state index contributed by atoms with van der Waals surface area (Å²) >= 11 is 11.5. The first-order chi connectivity index (χ1) is 6.63. The Hall–Kier alpha value is -1.06. The van der Waals surface area contributed by atoms with Crippen molar-refractivity contribution >= 4 is 34.7 Å². The number of Topliss-reactive ketones (excluding diaryl/α,β-unsaturated/α-hetero) is 1. The molecule has 0 aromatic heterocycles. The van der Waals surface area contributed by atoms with Gasteiger partial charge in [0, 0.05) is 12.0 Å². The fraction of sp³-hybridized carbons (Fsp3) is 0.111. The third-order valence-electron chi connectivity index (χ3n) is 2.13. The summed E-state index contributed by atoms with van der Waals surface area (Å²) in [6, 6.07) is 3.12. The lowest BCUT2D eigenvalue weighted by Crippen LogP contribution is -2.06. The number of benzene rings is 1. The molecule has 1 N–H and O–H groups in total. The Balaban J connectivity index is 2.61. The Kier molecular flexibility index (Phi) is 2.21. The van der Waals surface area contributed by atoms with Gasteiger partial charge in [-0.05, 0) is 17.7 Å². The van der Waals surface area contributed by atoms with Gasteiger partial charge in [0.05, 0.1) is 10.0 Å². The smallest absolute Gasteiger partial charge is 0.211 e. The van der Waals surface area contributed by atoms with Crippen LogP contribution in [0.4, 0.5) is 0 Å². The molecule has 0 spiro atoms. The zero-order valence-corrected chi connectivity index (χ0v) is 8.43. The second kappa shape index (κ2) is 3.26. The Morgan fingerprint density at radius 3 is 2.57 bits per heavy atom. The number of rotatable bonds is 0. The van der Waals surface area contributed by atoms with Crippen LogP contribution in [0.1, 0.15) is 15.9 Å². The molecule has 0 unspecified atom stereocenters. The van der Waals surface area contributed by atoms with E-state index in [4.69, 9.17) is 28.4 Å². The molecule has 3 nitrogen and oxygen atoms in total.